The average molecular weight is 310 g/mol. The number of benzene rings is 2. The minimum Gasteiger partial charge on any atom is -0.366 e. The van der Waals surface area contributed by atoms with Crippen LogP contribution in [0.1, 0.15) is 17.3 Å². The zero-order valence-electron chi connectivity index (χ0n) is 11.9. The second-order valence-electron chi connectivity index (χ2n) is 4.93. The smallest absolute Gasteiger partial charge is 0.251 e. The van der Waals surface area contributed by atoms with Crippen molar-refractivity contribution in [1.29, 1.82) is 0 Å². The number of nitrogens with one attached hydrogen (secondary N) is 1. The molecule has 0 aliphatic rings. The van der Waals surface area contributed by atoms with Crippen molar-refractivity contribution in [3.05, 3.63) is 54.1 Å². The summed E-state index contributed by atoms with van der Waals surface area (Å²) in [7, 11) is 0. The third kappa shape index (κ3) is 2.58. The van der Waals surface area contributed by atoms with Crippen LogP contribution in [0.3, 0.4) is 0 Å². The predicted molar refractivity (Wildman–Crippen MR) is 90.1 cm³/mol. The zero-order valence-corrected chi connectivity index (χ0v) is 12.7. The van der Waals surface area contributed by atoms with Gasteiger partial charge in [-0.05, 0) is 22.4 Å². The van der Waals surface area contributed by atoms with Gasteiger partial charge in [0.05, 0.1) is 5.56 Å². The Kier molecular flexibility index (Phi) is 3.65. The molecule has 0 atom stereocenters. The van der Waals surface area contributed by atoms with Crippen LogP contribution >= 0.6 is 11.3 Å². The number of thiophene rings is 1. The van der Waals surface area contributed by atoms with Gasteiger partial charge in [-0.2, -0.15) is 0 Å². The molecule has 4 nitrogen and oxygen atoms in total. The predicted octanol–water partition coefficient (Wildman–Crippen LogP) is 3.63. The molecule has 22 heavy (non-hydrogen) atoms. The maximum absolute atomic E-state index is 11.6. The van der Waals surface area contributed by atoms with Gasteiger partial charge in [-0.15, -0.1) is 11.3 Å². The first kappa shape index (κ1) is 14.3. The molecule has 0 fully saturated rings. The van der Waals surface area contributed by atoms with Crippen LogP contribution in [0.15, 0.2) is 48.5 Å². The van der Waals surface area contributed by atoms with Gasteiger partial charge in [0.1, 0.15) is 5.00 Å². The van der Waals surface area contributed by atoms with Crippen molar-refractivity contribution in [3.63, 3.8) is 0 Å². The third-order valence-electron chi connectivity index (χ3n) is 3.34. The maximum atomic E-state index is 11.6. The summed E-state index contributed by atoms with van der Waals surface area (Å²) in [6.45, 7) is 1.40. The Hall–Kier alpha value is -2.66. The Morgan fingerprint density at radius 2 is 1.82 bits per heavy atom. The number of hydrogen-bond acceptors (Lipinski definition) is 3. The van der Waals surface area contributed by atoms with E-state index >= 15 is 0 Å². The molecule has 1 aromatic heterocycles. The summed E-state index contributed by atoms with van der Waals surface area (Å²) in [5, 5.41) is 5.38. The molecular formula is C17H14N2O2S. The number of primary amides is 1. The number of nitrogens with two attached hydrogens (primary N) is 1. The normalized spacial score (nSPS) is 10.6. The van der Waals surface area contributed by atoms with Crippen LogP contribution in [0.5, 0.6) is 0 Å². The Morgan fingerprint density at radius 1 is 1.09 bits per heavy atom. The highest BCUT2D eigenvalue weighted by atomic mass is 32.1. The lowest BCUT2D eigenvalue weighted by Crippen LogP contribution is -2.14. The van der Waals surface area contributed by atoms with Crippen molar-refractivity contribution >= 4 is 38.9 Å². The quantitative estimate of drug-likeness (QED) is 0.775. The Balaban J connectivity index is 2.19. The monoisotopic (exact) mass is 310 g/mol. The van der Waals surface area contributed by atoms with Crippen molar-refractivity contribution < 1.29 is 9.59 Å². The van der Waals surface area contributed by atoms with Gasteiger partial charge in [0.15, 0.2) is 0 Å². The van der Waals surface area contributed by atoms with Crippen LogP contribution in [0.2, 0.25) is 0 Å². The molecule has 2 amide bonds. The van der Waals surface area contributed by atoms with E-state index in [1.54, 1.807) is 6.07 Å². The first-order chi connectivity index (χ1) is 10.6. The molecule has 3 N–H and O–H groups in total. The second kappa shape index (κ2) is 5.61. The highest BCUT2D eigenvalue weighted by Crippen LogP contribution is 2.38. The fourth-order valence-corrected chi connectivity index (χ4v) is 3.55. The summed E-state index contributed by atoms with van der Waals surface area (Å²) in [5.74, 6) is -0.777. The van der Waals surface area contributed by atoms with Crippen LogP contribution in [0, 0.1) is 0 Å². The number of rotatable bonds is 3. The Labute approximate surface area is 131 Å². The van der Waals surface area contributed by atoms with E-state index in [9.17, 15) is 9.59 Å². The van der Waals surface area contributed by atoms with E-state index in [4.69, 9.17) is 5.73 Å². The molecular weight excluding hydrogens is 296 g/mol. The van der Waals surface area contributed by atoms with Crippen LogP contribution in [-0.2, 0) is 4.79 Å². The second-order valence-corrected chi connectivity index (χ2v) is 5.98. The number of hydrogen-bond donors (Lipinski definition) is 2. The standard InChI is InChI=1S/C17H14N2O2S/c1-10(20)19-17-14(16(18)21)9-15(22-17)13-8-4-6-11-5-2-3-7-12(11)13/h2-9H,1H3,(H2,18,21)(H,19,20). The van der Waals surface area contributed by atoms with Crippen LogP contribution in [0.4, 0.5) is 5.00 Å². The molecule has 1 heterocycles. The fourth-order valence-electron chi connectivity index (χ4n) is 2.40. The van der Waals surface area contributed by atoms with Gasteiger partial charge in [0.25, 0.3) is 5.91 Å². The number of fused-ring (bicyclic) bond motifs is 1. The summed E-state index contributed by atoms with van der Waals surface area (Å²) in [4.78, 5) is 23.8. The Bertz CT molecular complexity index is 878. The van der Waals surface area contributed by atoms with Crippen molar-refractivity contribution in [1.82, 2.24) is 0 Å². The largest absolute Gasteiger partial charge is 0.366 e. The van der Waals surface area contributed by atoms with Gasteiger partial charge in [-0.1, -0.05) is 42.5 Å². The van der Waals surface area contributed by atoms with Gasteiger partial charge in [0, 0.05) is 11.8 Å². The lowest BCUT2D eigenvalue weighted by Gasteiger charge is -2.03. The van der Waals surface area contributed by atoms with Crippen LogP contribution in [0.25, 0.3) is 21.2 Å². The third-order valence-corrected chi connectivity index (χ3v) is 4.43. The first-order valence-electron chi connectivity index (χ1n) is 6.75. The molecule has 0 saturated carbocycles. The van der Waals surface area contributed by atoms with Crippen molar-refractivity contribution in [3.8, 4) is 10.4 Å². The highest BCUT2D eigenvalue weighted by molar-refractivity contribution is 7.20. The zero-order chi connectivity index (χ0) is 15.7. The summed E-state index contributed by atoms with van der Waals surface area (Å²) in [6.07, 6.45) is 0. The van der Waals surface area contributed by atoms with E-state index in [0.717, 1.165) is 21.2 Å². The van der Waals surface area contributed by atoms with Crippen molar-refractivity contribution in [2.45, 2.75) is 6.92 Å². The van der Waals surface area contributed by atoms with Gasteiger partial charge < -0.3 is 11.1 Å². The van der Waals surface area contributed by atoms with E-state index < -0.39 is 5.91 Å². The number of carbonyl (C=O) groups excluding carboxylic acids is 2. The summed E-state index contributed by atoms with van der Waals surface area (Å²) < 4.78 is 0. The molecule has 0 spiro atoms. The molecule has 0 aliphatic heterocycles. The minimum absolute atomic E-state index is 0.228. The van der Waals surface area contributed by atoms with Gasteiger partial charge in [-0.25, -0.2) is 0 Å². The van der Waals surface area contributed by atoms with Gasteiger partial charge in [0.2, 0.25) is 5.91 Å². The van der Waals surface area contributed by atoms with E-state index in [-0.39, 0.29) is 5.91 Å². The van der Waals surface area contributed by atoms with Crippen molar-refractivity contribution in [2.24, 2.45) is 5.73 Å². The molecule has 2 aromatic carbocycles. The number of carbonyl (C=O) groups is 2. The molecule has 0 saturated heterocycles. The van der Waals surface area contributed by atoms with E-state index in [1.165, 1.54) is 18.3 Å². The summed E-state index contributed by atoms with van der Waals surface area (Å²) in [5.41, 5.74) is 6.76. The fraction of sp³-hybridized carbons (Fsp3) is 0.0588. The molecule has 5 heteroatoms. The minimum atomic E-state index is -0.550. The summed E-state index contributed by atoms with van der Waals surface area (Å²) >= 11 is 1.35. The Morgan fingerprint density at radius 3 is 2.55 bits per heavy atom. The topological polar surface area (TPSA) is 72.2 Å². The molecule has 0 radical (unpaired) electrons. The SMILES string of the molecule is CC(=O)Nc1sc(-c2cccc3ccccc23)cc1C(N)=O. The average Bonchev–Trinajstić information content (AvgIpc) is 2.89. The number of amides is 2. The van der Waals surface area contributed by atoms with Crippen LogP contribution in [-0.4, -0.2) is 11.8 Å². The molecule has 0 unspecified atom stereocenters. The molecule has 3 rings (SSSR count). The highest BCUT2D eigenvalue weighted by Gasteiger charge is 2.16. The lowest BCUT2D eigenvalue weighted by molar-refractivity contribution is -0.114. The first-order valence-corrected chi connectivity index (χ1v) is 7.57. The van der Waals surface area contributed by atoms with E-state index in [1.807, 2.05) is 42.5 Å². The van der Waals surface area contributed by atoms with Gasteiger partial charge >= 0.3 is 0 Å². The summed E-state index contributed by atoms with van der Waals surface area (Å²) in [6, 6.07) is 15.8. The molecule has 110 valence electrons. The lowest BCUT2D eigenvalue weighted by atomic mass is 10.0. The van der Waals surface area contributed by atoms with Crippen molar-refractivity contribution in [2.75, 3.05) is 5.32 Å². The molecule has 3 aromatic rings. The van der Waals surface area contributed by atoms with Gasteiger partial charge in [-0.3, -0.25) is 9.59 Å². The molecule has 0 bridgehead atoms. The maximum Gasteiger partial charge on any atom is 0.251 e. The van der Waals surface area contributed by atoms with E-state index in [2.05, 4.69) is 5.32 Å². The van der Waals surface area contributed by atoms with E-state index in [0.29, 0.717) is 10.6 Å². The van der Waals surface area contributed by atoms with Crippen LogP contribution < -0.4 is 11.1 Å². The molecule has 0 aliphatic carbocycles. The number of anilines is 1.